The van der Waals surface area contributed by atoms with E-state index in [1.54, 1.807) is 4.90 Å². The molecule has 1 aliphatic heterocycles. The first-order valence-electron chi connectivity index (χ1n) is 4.33. The Bertz CT molecular complexity index is 414. The third-order valence-corrected chi connectivity index (χ3v) is 3.59. The summed E-state index contributed by atoms with van der Waals surface area (Å²) < 4.78 is 0.595. The Morgan fingerprint density at radius 3 is 2.93 bits per heavy atom. The lowest BCUT2D eigenvalue weighted by Gasteiger charge is -2.40. The van der Waals surface area contributed by atoms with Crippen molar-refractivity contribution in [3.8, 4) is 0 Å². The molecule has 0 aliphatic carbocycles. The van der Waals surface area contributed by atoms with E-state index in [0.29, 0.717) is 15.4 Å². The molecule has 0 spiro atoms. The van der Waals surface area contributed by atoms with E-state index in [-0.39, 0.29) is 11.9 Å². The van der Waals surface area contributed by atoms with Crippen LogP contribution in [-0.2, 0) is 4.79 Å². The molecule has 1 atom stereocenters. The number of halogens is 2. The number of anilines is 1. The van der Waals surface area contributed by atoms with Gasteiger partial charge in [0.15, 0.2) is 0 Å². The molecule has 0 bridgehead atoms. The molecule has 80 valence electrons. The van der Waals surface area contributed by atoms with Crippen molar-refractivity contribution in [2.45, 2.75) is 12.5 Å². The van der Waals surface area contributed by atoms with Crippen molar-refractivity contribution in [1.82, 2.24) is 9.97 Å². The van der Waals surface area contributed by atoms with Gasteiger partial charge in [0.1, 0.15) is 23.3 Å². The minimum atomic E-state index is -0.345. The van der Waals surface area contributed by atoms with Crippen LogP contribution in [0.4, 0.5) is 5.82 Å². The van der Waals surface area contributed by atoms with Gasteiger partial charge in [0.25, 0.3) is 0 Å². The Kier molecular flexibility index (Phi) is 2.79. The maximum atomic E-state index is 11.1. The quantitative estimate of drug-likeness (QED) is 0.824. The fraction of sp³-hybridized carbons (Fsp3) is 0.375. The summed E-state index contributed by atoms with van der Waals surface area (Å²) in [6, 6.07) is -0.285. The summed E-state index contributed by atoms with van der Waals surface area (Å²) in [5, 5.41) is 0.329. The van der Waals surface area contributed by atoms with Crippen molar-refractivity contribution in [2.75, 3.05) is 11.4 Å². The number of primary amides is 1. The van der Waals surface area contributed by atoms with Crippen LogP contribution in [0.1, 0.15) is 6.42 Å². The van der Waals surface area contributed by atoms with Gasteiger partial charge in [-0.15, -0.1) is 0 Å². The average molecular weight is 292 g/mol. The van der Waals surface area contributed by atoms with E-state index in [1.807, 2.05) is 0 Å². The van der Waals surface area contributed by atoms with Gasteiger partial charge >= 0.3 is 0 Å². The van der Waals surface area contributed by atoms with E-state index in [9.17, 15) is 4.79 Å². The molecule has 0 saturated carbocycles. The number of hydrogen-bond acceptors (Lipinski definition) is 4. The second-order valence-electron chi connectivity index (χ2n) is 3.20. The predicted molar refractivity (Wildman–Crippen MR) is 59.7 cm³/mol. The highest BCUT2D eigenvalue weighted by Gasteiger charge is 2.35. The first kappa shape index (κ1) is 10.6. The summed E-state index contributed by atoms with van der Waals surface area (Å²) in [6.07, 6.45) is 2.11. The Hall–Kier alpha value is -0.880. The molecule has 2 N–H and O–H groups in total. The molecule has 1 fully saturated rings. The third kappa shape index (κ3) is 1.79. The van der Waals surface area contributed by atoms with Gasteiger partial charge in [-0.3, -0.25) is 4.79 Å². The van der Waals surface area contributed by atoms with Crippen LogP contribution in [0.15, 0.2) is 10.8 Å². The van der Waals surface area contributed by atoms with Crippen LogP contribution in [0.5, 0.6) is 0 Å². The van der Waals surface area contributed by atoms with Crippen molar-refractivity contribution in [3.63, 3.8) is 0 Å². The molecule has 1 unspecified atom stereocenters. The molecule has 2 heterocycles. The zero-order valence-electron chi connectivity index (χ0n) is 7.65. The maximum absolute atomic E-state index is 11.1. The topological polar surface area (TPSA) is 72.1 Å². The third-order valence-electron chi connectivity index (χ3n) is 2.35. The fourth-order valence-corrected chi connectivity index (χ4v) is 2.04. The van der Waals surface area contributed by atoms with Crippen LogP contribution in [0.2, 0.25) is 5.15 Å². The lowest BCUT2D eigenvalue weighted by molar-refractivity contribution is -0.120. The van der Waals surface area contributed by atoms with E-state index in [0.717, 1.165) is 13.0 Å². The van der Waals surface area contributed by atoms with Gasteiger partial charge in [-0.2, -0.15) is 0 Å². The highest BCUT2D eigenvalue weighted by molar-refractivity contribution is 9.10. The van der Waals surface area contributed by atoms with Crippen LogP contribution in [-0.4, -0.2) is 28.5 Å². The molecule has 1 aromatic rings. The molecule has 1 aliphatic rings. The number of nitrogens with zero attached hydrogens (tertiary/aromatic N) is 3. The first-order chi connectivity index (χ1) is 7.11. The van der Waals surface area contributed by atoms with Crippen molar-refractivity contribution in [2.24, 2.45) is 5.73 Å². The van der Waals surface area contributed by atoms with Crippen molar-refractivity contribution >= 4 is 39.3 Å². The minimum Gasteiger partial charge on any atom is -0.368 e. The molecule has 15 heavy (non-hydrogen) atoms. The number of carbonyl (C=O) groups is 1. The molecule has 0 radical (unpaired) electrons. The van der Waals surface area contributed by atoms with Crippen LogP contribution in [0, 0.1) is 0 Å². The van der Waals surface area contributed by atoms with Crippen LogP contribution in [0.3, 0.4) is 0 Å². The molecular weight excluding hydrogens is 283 g/mol. The summed E-state index contributed by atoms with van der Waals surface area (Å²) in [5.74, 6) is 0.271. The largest absolute Gasteiger partial charge is 0.368 e. The average Bonchev–Trinajstić information content (AvgIpc) is 2.10. The highest BCUT2D eigenvalue weighted by atomic mass is 79.9. The Balaban J connectivity index is 2.31. The first-order valence-corrected chi connectivity index (χ1v) is 5.50. The lowest BCUT2D eigenvalue weighted by Crippen LogP contribution is -2.55. The fourth-order valence-electron chi connectivity index (χ4n) is 1.48. The summed E-state index contributed by atoms with van der Waals surface area (Å²) in [5.41, 5.74) is 5.24. The van der Waals surface area contributed by atoms with Gasteiger partial charge in [0, 0.05) is 6.54 Å². The monoisotopic (exact) mass is 290 g/mol. The van der Waals surface area contributed by atoms with Gasteiger partial charge in [0.05, 0.1) is 4.47 Å². The molecule has 7 heteroatoms. The normalized spacial score (nSPS) is 19.9. The molecule has 0 aromatic carbocycles. The zero-order chi connectivity index (χ0) is 11.0. The Labute approximate surface area is 99.8 Å². The number of carbonyl (C=O) groups excluding carboxylic acids is 1. The van der Waals surface area contributed by atoms with Crippen molar-refractivity contribution in [1.29, 1.82) is 0 Å². The molecule has 1 aromatic heterocycles. The van der Waals surface area contributed by atoms with Gasteiger partial charge in [-0.05, 0) is 22.4 Å². The number of hydrogen-bond donors (Lipinski definition) is 1. The summed E-state index contributed by atoms with van der Waals surface area (Å²) >= 11 is 9.11. The predicted octanol–water partition coefficient (Wildman–Crippen LogP) is 0.957. The number of nitrogens with two attached hydrogens (primary N) is 1. The second-order valence-corrected chi connectivity index (χ2v) is 4.35. The standard InChI is InChI=1S/C8H8BrClN4O/c9-5-6(10)12-3-13-8(5)14-2-1-4(14)7(11)15/h3-4H,1-2H2,(H2,11,15). The highest BCUT2D eigenvalue weighted by Crippen LogP contribution is 2.33. The molecular formula is C8H8BrClN4O. The van der Waals surface area contributed by atoms with Gasteiger partial charge < -0.3 is 10.6 Å². The molecule has 1 saturated heterocycles. The lowest BCUT2D eigenvalue weighted by atomic mass is 10.0. The van der Waals surface area contributed by atoms with E-state index >= 15 is 0 Å². The number of amides is 1. The van der Waals surface area contributed by atoms with Crippen LogP contribution >= 0.6 is 27.5 Å². The SMILES string of the molecule is NC(=O)C1CCN1c1ncnc(Cl)c1Br. The van der Waals surface area contributed by atoms with E-state index < -0.39 is 0 Å². The summed E-state index contributed by atoms with van der Waals surface area (Å²) in [6.45, 7) is 0.750. The smallest absolute Gasteiger partial charge is 0.240 e. The molecule has 2 rings (SSSR count). The van der Waals surface area contributed by atoms with Crippen LogP contribution < -0.4 is 10.6 Å². The Morgan fingerprint density at radius 1 is 1.67 bits per heavy atom. The van der Waals surface area contributed by atoms with Crippen molar-refractivity contribution < 1.29 is 4.79 Å². The zero-order valence-corrected chi connectivity index (χ0v) is 9.99. The Morgan fingerprint density at radius 2 is 2.40 bits per heavy atom. The number of rotatable bonds is 2. The second kappa shape index (κ2) is 3.94. The van der Waals surface area contributed by atoms with E-state index in [1.165, 1.54) is 6.33 Å². The number of aromatic nitrogens is 2. The van der Waals surface area contributed by atoms with Gasteiger partial charge in [-0.25, -0.2) is 9.97 Å². The van der Waals surface area contributed by atoms with Crippen LogP contribution in [0.25, 0.3) is 0 Å². The minimum absolute atomic E-state index is 0.285. The molecule has 5 nitrogen and oxygen atoms in total. The summed E-state index contributed by atoms with van der Waals surface area (Å²) in [7, 11) is 0. The maximum Gasteiger partial charge on any atom is 0.240 e. The molecule has 1 amide bonds. The van der Waals surface area contributed by atoms with Gasteiger partial charge in [0.2, 0.25) is 5.91 Å². The summed E-state index contributed by atoms with van der Waals surface area (Å²) in [4.78, 5) is 20.7. The van der Waals surface area contributed by atoms with E-state index in [4.69, 9.17) is 17.3 Å². The van der Waals surface area contributed by atoms with E-state index in [2.05, 4.69) is 25.9 Å². The van der Waals surface area contributed by atoms with Gasteiger partial charge in [-0.1, -0.05) is 11.6 Å². The van der Waals surface area contributed by atoms with Crippen molar-refractivity contribution in [3.05, 3.63) is 16.0 Å².